The Kier molecular flexibility index (Phi) is 6.96. The van der Waals surface area contributed by atoms with Gasteiger partial charge in [0.05, 0.1) is 0 Å². The van der Waals surface area contributed by atoms with Crippen LogP contribution in [0.4, 0.5) is 22.0 Å². The van der Waals surface area contributed by atoms with Crippen LogP contribution < -0.4 is 4.74 Å². The van der Waals surface area contributed by atoms with Crippen LogP contribution in [0.2, 0.25) is 0 Å². The van der Waals surface area contributed by atoms with Crippen LogP contribution in [-0.2, 0) is 13.0 Å². The third-order valence-electron chi connectivity index (χ3n) is 5.47. The molecule has 0 unspecified atom stereocenters. The molecular weight excluding hydrogens is 447 g/mol. The summed E-state index contributed by atoms with van der Waals surface area (Å²) in [5.41, 5.74) is 4.11. The van der Waals surface area contributed by atoms with E-state index < -0.39 is 41.4 Å². The quantitative estimate of drug-likeness (QED) is 0.196. The van der Waals surface area contributed by atoms with Gasteiger partial charge in [-0.05, 0) is 64.1 Å². The van der Waals surface area contributed by atoms with Crippen molar-refractivity contribution >= 4 is 0 Å². The van der Waals surface area contributed by atoms with Crippen LogP contribution >= 0.6 is 0 Å². The standard InChI is InChI=1S/C28H21F5O/c1-2-3-17-4-6-19(7-5-17)20-8-10-21(11-9-20)22-14-25(31)28(26(32)15-22)34-16-18-12-23(29)27(33)24(30)13-18/h4-15H,2-3,16H2,1H3. The molecule has 0 radical (unpaired) electrons. The molecule has 0 atom stereocenters. The zero-order valence-electron chi connectivity index (χ0n) is 18.3. The van der Waals surface area contributed by atoms with Gasteiger partial charge in [0.25, 0.3) is 0 Å². The maximum Gasteiger partial charge on any atom is 0.194 e. The van der Waals surface area contributed by atoms with Crippen molar-refractivity contribution in [1.29, 1.82) is 0 Å². The molecule has 0 aromatic heterocycles. The lowest BCUT2D eigenvalue weighted by Gasteiger charge is -2.11. The number of ether oxygens (including phenoxy) is 1. The number of halogens is 5. The highest BCUT2D eigenvalue weighted by atomic mass is 19.2. The van der Waals surface area contributed by atoms with Gasteiger partial charge in [-0.3, -0.25) is 0 Å². The summed E-state index contributed by atoms with van der Waals surface area (Å²) >= 11 is 0. The number of benzene rings is 4. The summed E-state index contributed by atoms with van der Waals surface area (Å²) < 4.78 is 74.0. The first-order valence-electron chi connectivity index (χ1n) is 10.8. The minimum absolute atomic E-state index is 0.0995. The first-order chi connectivity index (χ1) is 16.4. The lowest BCUT2D eigenvalue weighted by molar-refractivity contribution is 0.272. The van der Waals surface area contributed by atoms with Gasteiger partial charge in [0.1, 0.15) is 6.61 Å². The van der Waals surface area contributed by atoms with E-state index in [9.17, 15) is 22.0 Å². The van der Waals surface area contributed by atoms with Crippen LogP contribution in [-0.4, -0.2) is 0 Å². The van der Waals surface area contributed by atoms with E-state index in [2.05, 4.69) is 19.1 Å². The Balaban J connectivity index is 1.51. The smallest absolute Gasteiger partial charge is 0.194 e. The highest BCUT2D eigenvalue weighted by Gasteiger charge is 2.16. The molecule has 34 heavy (non-hydrogen) atoms. The number of hydrogen-bond donors (Lipinski definition) is 0. The molecule has 1 nitrogen and oxygen atoms in total. The normalized spacial score (nSPS) is 11.0. The Hall–Kier alpha value is -3.67. The summed E-state index contributed by atoms with van der Waals surface area (Å²) in [4.78, 5) is 0. The molecule has 0 spiro atoms. The van der Waals surface area contributed by atoms with Gasteiger partial charge in [-0.2, -0.15) is 0 Å². The van der Waals surface area contributed by atoms with Gasteiger partial charge in [-0.15, -0.1) is 0 Å². The van der Waals surface area contributed by atoms with Crippen LogP contribution in [0.25, 0.3) is 22.3 Å². The van der Waals surface area contributed by atoms with Crippen molar-refractivity contribution in [3.63, 3.8) is 0 Å². The molecule has 4 rings (SSSR count). The molecular formula is C28H21F5O. The number of hydrogen-bond acceptors (Lipinski definition) is 1. The average Bonchev–Trinajstić information content (AvgIpc) is 2.82. The summed E-state index contributed by atoms with van der Waals surface area (Å²) in [7, 11) is 0. The summed E-state index contributed by atoms with van der Waals surface area (Å²) in [5, 5.41) is 0. The van der Waals surface area contributed by atoms with E-state index >= 15 is 0 Å². The van der Waals surface area contributed by atoms with Gasteiger partial charge in [-0.1, -0.05) is 61.9 Å². The largest absolute Gasteiger partial charge is 0.483 e. The lowest BCUT2D eigenvalue weighted by atomic mass is 9.99. The molecule has 0 heterocycles. The van der Waals surface area contributed by atoms with Crippen LogP contribution in [0, 0.1) is 29.1 Å². The van der Waals surface area contributed by atoms with E-state index in [0.29, 0.717) is 23.3 Å². The molecule has 0 aliphatic rings. The van der Waals surface area contributed by atoms with Gasteiger partial charge in [0.2, 0.25) is 0 Å². The fourth-order valence-electron chi connectivity index (χ4n) is 3.72. The second-order valence-electron chi connectivity index (χ2n) is 7.96. The van der Waals surface area contributed by atoms with E-state index in [1.165, 1.54) is 5.56 Å². The maximum atomic E-state index is 14.6. The fourth-order valence-corrected chi connectivity index (χ4v) is 3.72. The van der Waals surface area contributed by atoms with E-state index in [0.717, 1.165) is 36.1 Å². The minimum atomic E-state index is -1.62. The van der Waals surface area contributed by atoms with E-state index in [1.54, 1.807) is 12.1 Å². The Bertz CT molecular complexity index is 1250. The fraction of sp³-hybridized carbons (Fsp3) is 0.143. The molecule has 174 valence electrons. The number of aryl methyl sites for hydroxylation is 1. The monoisotopic (exact) mass is 468 g/mol. The van der Waals surface area contributed by atoms with Gasteiger partial charge in [0, 0.05) is 0 Å². The van der Waals surface area contributed by atoms with Crippen LogP contribution in [0.3, 0.4) is 0 Å². The SMILES string of the molecule is CCCc1ccc(-c2ccc(-c3cc(F)c(OCc4cc(F)c(F)c(F)c4)c(F)c3)cc2)cc1. The van der Waals surface area contributed by atoms with Gasteiger partial charge < -0.3 is 4.74 Å². The summed E-state index contributed by atoms with van der Waals surface area (Å²) in [6, 6.07) is 19.2. The minimum Gasteiger partial charge on any atom is -0.483 e. The molecule has 0 amide bonds. The molecule has 4 aromatic rings. The van der Waals surface area contributed by atoms with Gasteiger partial charge in [0.15, 0.2) is 34.8 Å². The highest BCUT2D eigenvalue weighted by Crippen LogP contribution is 2.31. The molecule has 6 heteroatoms. The van der Waals surface area contributed by atoms with Crippen molar-refractivity contribution in [2.24, 2.45) is 0 Å². The Morgan fingerprint density at radius 3 is 1.53 bits per heavy atom. The summed E-state index contributed by atoms with van der Waals surface area (Å²) in [6.07, 6.45) is 2.10. The molecule has 0 saturated carbocycles. The lowest BCUT2D eigenvalue weighted by Crippen LogP contribution is -2.03. The van der Waals surface area contributed by atoms with E-state index in [4.69, 9.17) is 4.74 Å². The topological polar surface area (TPSA) is 9.23 Å². The molecule has 0 bridgehead atoms. The van der Waals surface area contributed by atoms with Crippen molar-refractivity contribution < 1.29 is 26.7 Å². The zero-order valence-corrected chi connectivity index (χ0v) is 18.3. The van der Waals surface area contributed by atoms with Crippen LogP contribution in [0.15, 0.2) is 72.8 Å². The second-order valence-corrected chi connectivity index (χ2v) is 7.96. The third kappa shape index (κ3) is 5.11. The molecule has 0 N–H and O–H groups in total. The maximum absolute atomic E-state index is 14.6. The Morgan fingerprint density at radius 2 is 1.03 bits per heavy atom. The molecule has 0 aliphatic carbocycles. The molecule has 0 saturated heterocycles. The first kappa shape index (κ1) is 23.5. The summed E-state index contributed by atoms with van der Waals surface area (Å²) in [5.74, 6) is -7.05. The van der Waals surface area contributed by atoms with Crippen molar-refractivity contribution in [2.75, 3.05) is 0 Å². The summed E-state index contributed by atoms with van der Waals surface area (Å²) in [6.45, 7) is 1.60. The van der Waals surface area contributed by atoms with Gasteiger partial charge >= 0.3 is 0 Å². The first-order valence-corrected chi connectivity index (χ1v) is 10.8. The van der Waals surface area contributed by atoms with E-state index in [1.807, 2.05) is 24.3 Å². The molecule has 0 aliphatic heterocycles. The van der Waals surface area contributed by atoms with E-state index in [-0.39, 0.29) is 5.56 Å². The second kappa shape index (κ2) is 10.1. The van der Waals surface area contributed by atoms with Crippen molar-refractivity contribution in [1.82, 2.24) is 0 Å². The molecule has 4 aromatic carbocycles. The van der Waals surface area contributed by atoms with Crippen LogP contribution in [0.1, 0.15) is 24.5 Å². The predicted octanol–water partition coefficient (Wildman–Crippen LogP) is 8.25. The van der Waals surface area contributed by atoms with Gasteiger partial charge in [-0.25, -0.2) is 22.0 Å². The zero-order chi connectivity index (χ0) is 24.2. The highest BCUT2D eigenvalue weighted by molar-refractivity contribution is 5.71. The molecule has 0 fully saturated rings. The van der Waals surface area contributed by atoms with Crippen LogP contribution in [0.5, 0.6) is 5.75 Å². The Labute approximate surface area is 194 Å². The Morgan fingerprint density at radius 1 is 0.559 bits per heavy atom. The van der Waals surface area contributed by atoms with Crippen molar-refractivity contribution in [2.45, 2.75) is 26.4 Å². The van der Waals surface area contributed by atoms with Crippen molar-refractivity contribution in [3.8, 4) is 28.0 Å². The average molecular weight is 468 g/mol. The predicted molar refractivity (Wildman–Crippen MR) is 122 cm³/mol. The third-order valence-corrected chi connectivity index (χ3v) is 5.47. The number of rotatable bonds is 7. The van der Waals surface area contributed by atoms with Crippen molar-refractivity contribution in [3.05, 3.63) is 113 Å².